The molecule has 0 atom stereocenters. The molecule has 0 unspecified atom stereocenters. The third-order valence-electron chi connectivity index (χ3n) is 3.58. The Morgan fingerprint density at radius 3 is 2.76 bits per heavy atom. The average molecular weight is 340 g/mol. The van der Waals surface area contributed by atoms with Crippen LogP contribution >= 0.6 is 34.5 Å². The second kappa shape index (κ2) is 6.49. The van der Waals surface area contributed by atoms with Gasteiger partial charge in [0.15, 0.2) is 5.78 Å². The topological polar surface area (TPSA) is 20.3 Å². The van der Waals surface area contributed by atoms with Crippen LogP contribution in [0.3, 0.4) is 0 Å². The first-order valence-corrected chi connectivity index (χ1v) is 8.52. The van der Waals surface area contributed by atoms with Gasteiger partial charge in [0.1, 0.15) is 0 Å². The van der Waals surface area contributed by atoms with Crippen LogP contribution in [0.1, 0.15) is 28.1 Å². The molecule has 2 nitrogen and oxygen atoms in total. The maximum Gasteiger partial charge on any atom is 0.178 e. The van der Waals surface area contributed by atoms with Gasteiger partial charge in [-0.2, -0.15) is 0 Å². The van der Waals surface area contributed by atoms with E-state index in [1.54, 1.807) is 29.5 Å². The van der Waals surface area contributed by atoms with E-state index in [0.29, 0.717) is 28.2 Å². The van der Waals surface area contributed by atoms with Crippen molar-refractivity contribution in [2.75, 3.05) is 6.54 Å². The molecule has 1 aliphatic carbocycles. The van der Waals surface area contributed by atoms with Crippen LogP contribution in [0.15, 0.2) is 35.7 Å². The van der Waals surface area contributed by atoms with E-state index in [1.165, 1.54) is 17.7 Å². The smallest absolute Gasteiger partial charge is 0.178 e. The molecule has 0 saturated heterocycles. The summed E-state index contributed by atoms with van der Waals surface area (Å²) >= 11 is 13.8. The lowest BCUT2D eigenvalue weighted by atomic mass is 10.1. The third kappa shape index (κ3) is 3.86. The summed E-state index contributed by atoms with van der Waals surface area (Å²) in [7, 11) is 0. The summed E-state index contributed by atoms with van der Waals surface area (Å²) in [6.07, 6.45) is 2.34. The number of carbonyl (C=O) groups is 1. The lowest BCUT2D eigenvalue weighted by molar-refractivity contribution is 0.0920. The fourth-order valence-electron chi connectivity index (χ4n) is 2.34. The summed E-state index contributed by atoms with van der Waals surface area (Å²) in [6, 6.07) is 9.71. The van der Waals surface area contributed by atoms with Crippen molar-refractivity contribution >= 4 is 40.3 Å². The number of rotatable bonds is 6. The zero-order chi connectivity index (χ0) is 14.8. The van der Waals surface area contributed by atoms with E-state index in [9.17, 15) is 4.79 Å². The highest BCUT2D eigenvalue weighted by atomic mass is 35.5. The number of Topliss-reactive ketones (excluding diaryl/α,β-unsaturated/α-hetero) is 1. The summed E-state index contributed by atoms with van der Waals surface area (Å²) in [5, 5.41) is 3.08. The lowest BCUT2D eigenvalue weighted by Crippen LogP contribution is -2.31. The van der Waals surface area contributed by atoms with Crippen molar-refractivity contribution in [1.29, 1.82) is 0 Å². The number of thiophene rings is 1. The van der Waals surface area contributed by atoms with Crippen LogP contribution in [0.4, 0.5) is 0 Å². The van der Waals surface area contributed by atoms with Gasteiger partial charge in [0.25, 0.3) is 0 Å². The fraction of sp³-hybridized carbons (Fsp3) is 0.312. The van der Waals surface area contributed by atoms with Crippen LogP contribution in [0.2, 0.25) is 10.0 Å². The lowest BCUT2D eigenvalue weighted by Gasteiger charge is -2.20. The fourth-order valence-corrected chi connectivity index (χ4v) is 3.46. The molecule has 1 heterocycles. The number of ketones is 1. The Labute approximate surface area is 138 Å². The van der Waals surface area contributed by atoms with E-state index in [1.807, 2.05) is 6.07 Å². The first-order chi connectivity index (χ1) is 10.1. The summed E-state index contributed by atoms with van der Waals surface area (Å²) in [5.74, 6) is 0.0333. The molecule has 1 aromatic heterocycles. The van der Waals surface area contributed by atoms with Crippen molar-refractivity contribution in [1.82, 2.24) is 4.90 Å². The number of carbonyl (C=O) groups excluding carboxylic acids is 1. The molecule has 0 N–H and O–H groups in total. The molecule has 5 heteroatoms. The van der Waals surface area contributed by atoms with E-state index >= 15 is 0 Å². The van der Waals surface area contributed by atoms with Gasteiger partial charge in [0.2, 0.25) is 0 Å². The molecular formula is C16H15Cl2NOS. The predicted molar refractivity (Wildman–Crippen MR) is 88.5 cm³/mol. The second-order valence-electron chi connectivity index (χ2n) is 5.26. The molecule has 0 spiro atoms. The third-order valence-corrected chi connectivity index (χ3v) is 5.00. The number of halogens is 2. The molecule has 1 aliphatic rings. The van der Waals surface area contributed by atoms with Crippen molar-refractivity contribution < 1.29 is 4.79 Å². The molecule has 0 amide bonds. The largest absolute Gasteiger partial charge is 0.293 e. The number of hydrogen-bond acceptors (Lipinski definition) is 3. The Morgan fingerprint density at radius 2 is 2.10 bits per heavy atom. The number of hydrogen-bond donors (Lipinski definition) is 0. The highest BCUT2D eigenvalue weighted by Gasteiger charge is 2.31. The van der Waals surface area contributed by atoms with Crippen LogP contribution in [0, 0.1) is 0 Å². The van der Waals surface area contributed by atoms with Gasteiger partial charge in [-0.1, -0.05) is 29.3 Å². The van der Waals surface area contributed by atoms with E-state index in [4.69, 9.17) is 23.2 Å². The summed E-state index contributed by atoms with van der Waals surface area (Å²) in [6.45, 7) is 1.22. The molecule has 0 aliphatic heterocycles. The molecule has 110 valence electrons. The minimum atomic E-state index is 0.0333. The van der Waals surface area contributed by atoms with Crippen molar-refractivity contribution in [2.45, 2.75) is 25.4 Å². The minimum absolute atomic E-state index is 0.0333. The van der Waals surface area contributed by atoms with Gasteiger partial charge in [0.05, 0.1) is 11.6 Å². The SMILES string of the molecule is O=C(CN(Cc1cccs1)C1CC1)c1cc(Cl)ccc1Cl. The van der Waals surface area contributed by atoms with Crippen LogP contribution < -0.4 is 0 Å². The molecule has 0 radical (unpaired) electrons. The molecule has 21 heavy (non-hydrogen) atoms. The van der Waals surface area contributed by atoms with Crippen LogP contribution in [-0.2, 0) is 6.54 Å². The van der Waals surface area contributed by atoms with Gasteiger partial charge < -0.3 is 0 Å². The highest BCUT2D eigenvalue weighted by molar-refractivity contribution is 7.09. The quantitative estimate of drug-likeness (QED) is 0.697. The van der Waals surface area contributed by atoms with Gasteiger partial charge in [0, 0.05) is 28.0 Å². The minimum Gasteiger partial charge on any atom is -0.293 e. The summed E-state index contributed by atoms with van der Waals surface area (Å²) in [5.41, 5.74) is 0.515. The monoisotopic (exact) mass is 339 g/mol. The Morgan fingerprint density at radius 1 is 1.29 bits per heavy atom. The van der Waals surface area contributed by atoms with E-state index in [-0.39, 0.29) is 5.78 Å². The molecule has 1 aromatic carbocycles. The number of nitrogens with zero attached hydrogens (tertiary/aromatic N) is 1. The van der Waals surface area contributed by atoms with E-state index in [0.717, 1.165) is 6.54 Å². The summed E-state index contributed by atoms with van der Waals surface area (Å²) in [4.78, 5) is 16.0. The summed E-state index contributed by atoms with van der Waals surface area (Å²) < 4.78 is 0. The van der Waals surface area contributed by atoms with Crippen molar-refractivity contribution in [3.8, 4) is 0 Å². The first kappa shape index (κ1) is 15.0. The zero-order valence-corrected chi connectivity index (χ0v) is 13.7. The Hall–Kier alpha value is -0.870. The molecule has 1 saturated carbocycles. The van der Waals surface area contributed by atoms with Crippen molar-refractivity contribution in [3.05, 3.63) is 56.2 Å². The van der Waals surface area contributed by atoms with Crippen LogP contribution in [0.25, 0.3) is 0 Å². The van der Waals surface area contributed by atoms with Gasteiger partial charge >= 0.3 is 0 Å². The van der Waals surface area contributed by atoms with E-state index in [2.05, 4.69) is 16.3 Å². The molecular weight excluding hydrogens is 325 g/mol. The molecule has 3 rings (SSSR count). The highest BCUT2D eigenvalue weighted by Crippen LogP contribution is 2.30. The van der Waals surface area contributed by atoms with Crippen molar-refractivity contribution in [3.63, 3.8) is 0 Å². The maximum absolute atomic E-state index is 12.5. The maximum atomic E-state index is 12.5. The standard InChI is InChI=1S/C16H15Cl2NOS/c17-11-3-6-15(18)14(8-11)16(20)10-19(12-4-5-12)9-13-2-1-7-21-13/h1-3,6-8,12H,4-5,9-10H2. The first-order valence-electron chi connectivity index (χ1n) is 6.88. The molecule has 2 aromatic rings. The van der Waals surface area contributed by atoms with E-state index < -0.39 is 0 Å². The number of benzene rings is 1. The molecule has 0 bridgehead atoms. The van der Waals surface area contributed by atoms with Gasteiger partial charge in [-0.3, -0.25) is 9.69 Å². The van der Waals surface area contributed by atoms with Gasteiger partial charge in [-0.15, -0.1) is 11.3 Å². The van der Waals surface area contributed by atoms with Crippen molar-refractivity contribution in [2.24, 2.45) is 0 Å². The van der Waals surface area contributed by atoms with Gasteiger partial charge in [-0.05, 0) is 42.5 Å². The average Bonchev–Trinajstić information content (AvgIpc) is 3.19. The predicted octanol–water partition coefficient (Wildman–Crippen LogP) is 4.90. The van der Waals surface area contributed by atoms with Gasteiger partial charge in [-0.25, -0.2) is 0 Å². The van der Waals surface area contributed by atoms with Crippen LogP contribution in [-0.4, -0.2) is 23.3 Å². The Balaban J connectivity index is 1.73. The van der Waals surface area contributed by atoms with Crippen LogP contribution in [0.5, 0.6) is 0 Å². The Kier molecular flexibility index (Phi) is 4.65. The zero-order valence-electron chi connectivity index (χ0n) is 11.4. The molecule has 1 fully saturated rings. The Bertz CT molecular complexity index is 638. The second-order valence-corrected chi connectivity index (χ2v) is 7.14. The normalized spacial score (nSPS) is 14.6.